The number of fused-ring (bicyclic) bond motifs is 1. The molecule has 0 spiro atoms. The van der Waals surface area contributed by atoms with Gasteiger partial charge in [0, 0.05) is 22.6 Å². The van der Waals surface area contributed by atoms with Crippen molar-refractivity contribution in [2.75, 3.05) is 19.6 Å². The molecule has 1 aliphatic rings. The predicted molar refractivity (Wildman–Crippen MR) is 86.5 cm³/mol. The van der Waals surface area contributed by atoms with Gasteiger partial charge >= 0.3 is 0 Å². The molecule has 0 unspecified atom stereocenters. The van der Waals surface area contributed by atoms with Gasteiger partial charge in [0.2, 0.25) is 0 Å². The number of hydrogen-bond donors (Lipinski definition) is 1. The van der Waals surface area contributed by atoms with E-state index < -0.39 is 0 Å². The zero-order valence-corrected chi connectivity index (χ0v) is 13.1. The lowest BCUT2D eigenvalue weighted by molar-refractivity contribution is 0.181. The summed E-state index contributed by atoms with van der Waals surface area (Å²) in [6, 6.07) is 8.43. The summed E-state index contributed by atoms with van der Waals surface area (Å²) in [6.07, 6.45) is 4.32. The molecular weight excluding hydrogens is 314 g/mol. The second kappa shape index (κ2) is 6.20. The molecule has 4 heteroatoms. The molecule has 0 saturated carbocycles. The molecule has 0 bridgehead atoms. The van der Waals surface area contributed by atoms with Crippen LogP contribution in [0.25, 0.3) is 10.9 Å². The molecule has 1 aliphatic heterocycles. The Kier molecular flexibility index (Phi) is 4.34. The third-order valence-electron chi connectivity index (χ3n) is 4.23. The second-order valence-electron chi connectivity index (χ2n) is 5.56. The first-order chi connectivity index (χ1) is 9.78. The van der Waals surface area contributed by atoms with E-state index in [2.05, 4.69) is 44.0 Å². The molecule has 0 aliphatic carbocycles. The van der Waals surface area contributed by atoms with E-state index in [0.29, 0.717) is 5.92 Å². The van der Waals surface area contributed by atoms with Crippen LogP contribution in [0.1, 0.15) is 18.4 Å². The Hall–Kier alpha value is -0.970. The maximum Gasteiger partial charge on any atom is 0.0758 e. The van der Waals surface area contributed by atoms with E-state index in [1.807, 2.05) is 12.3 Å². The summed E-state index contributed by atoms with van der Waals surface area (Å²) in [5, 5.41) is 1.20. The second-order valence-corrected chi connectivity index (χ2v) is 6.42. The summed E-state index contributed by atoms with van der Waals surface area (Å²) in [4.78, 5) is 7.08. The van der Waals surface area contributed by atoms with Gasteiger partial charge in [-0.05, 0) is 56.1 Å². The van der Waals surface area contributed by atoms with Gasteiger partial charge < -0.3 is 5.73 Å². The molecule has 0 atom stereocenters. The highest BCUT2D eigenvalue weighted by atomic mass is 79.9. The number of hydrogen-bond acceptors (Lipinski definition) is 3. The fraction of sp³-hybridized carbons (Fsp3) is 0.438. The van der Waals surface area contributed by atoms with E-state index in [4.69, 9.17) is 5.73 Å². The largest absolute Gasteiger partial charge is 0.330 e. The zero-order valence-electron chi connectivity index (χ0n) is 11.6. The number of benzene rings is 1. The van der Waals surface area contributed by atoms with Gasteiger partial charge in [-0.3, -0.25) is 9.88 Å². The standard InChI is InChI=1S/C16H20BrN3/c17-15-4-3-13(16-14(15)2-1-7-19-16)11-20-8-5-12(10-18)6-9-20/h1-4,7,12H,5-6,8-11,18H2. The minimum Gasteiger partial charge on any atom is -0.330 e. The van der Waals surface area contributed by atoms with Crippen molar-refractivity contribution in [2.24, 2.45) is 11.7 Å². The van der Waals surface area contributed by atoms with Gasteiger partial charge in [-0.25, -0.2) is 0 Å². The first-order valence-electron chi connectivity index (χ1n) is 7.22. The molecule has 3 nitrogen and oxygen atoms in total. The lowest BCUT2D eigenvalue weighted by Crippen LogP contribution is -2.35. The normalized spacial score (nSPS) is 17.7. The van der Waals surface area contributed by atoms with Crippen LogP contribution >= 0.6 is 15.9 Å². The zero-order chi connectivity index (χ0) is 13.9. The Morgan fingerprint density at radius 2 is 2.05 bits per heavy atom. The van der Waals surface area contributed by atoms with Crippen LogP contribution in [0.4, 0.5) is 0 Å². The molecule has 1 saturated heterocycles. The monoisotopic (exact) mass is 333 g/mol. The average molecular weight is 334 g/mol. The van der Waals surface area contributed by atoms with Crippen LogP contribution in [0.3, 0.4) is 0 Å². The highest BCUT2D eigenvalue weighted by molar-refractivity contribution is 9.10. The Morgan fingerprint density at radius 1 is 1.25 bits per heavy atom. The summed E-state index contributed by atoms with van der Waals surface area (Å²) in [5.41, 5.74) is 8.19. The number of pyridine rings is 1. The summed E-state index contributed by atoms with van der Waals surface area (Å²) in [5.74, 6) is 0.714. The number of nitrogens with two attached hydrogens (primary N) is 1. The van der Waals surface area contributed by atoms with Crippen molar-refractivity contribution in [3.8, 4) is 0 Å². The van der Waals surface area contributed by atoms with E-state index in [1.54, 1.807) is 0 Å². The van der Waals surface area contributed by atoms with Crippen LogP contribution in [0.5, 0.6) is 0 Å². The van der Waals surface area contributed by atoms with Crippen molar-refractivity contribution in [3.63, 3.8) is 0 Å². The molecule has 0 radical (unpaired) electrons. The third-order valence-corrected chi connectivity index (χ3v) is 4.93. The highest BCUT2D eigenvalue weighted by Gasteiger charge is 2.18. The van der Waals surface area contributed by atoms with Crippen LogP contribution in [0.15, 0.2) is 34.9 Å². The van der Waals surface area contributed by atoms with E-state index in [9.17, 15) is 0 Å². The molecule has 3 rings (SSSR count). The van der Waals surface area contributed by atoms with Crippen LogP contribution in [-0.4, -0.2) is 29.5 Å². The van der Waals surface area contributed by atoms with E-state index >= 15 is 0 Å². The lowest BCUT2D eigenvalue weighted by Gasteiger charge is -2.31. The van der Waals surface area contributed by atoms with Gasteiger partial charge in [0.15, 0.2) is 0 Å². The molecule has 20 heavy (non-hydrogen) atoms. The first-order valence-corrected chi connectivity index (χ1v) is 8.02. The fourth-order valence-electron chi connectivity index (χ4n) is 2.95. The predicted octanol–water partition coefficient (Wildman–Crippen LogP) is 3.17. The first kappa shape index (κ1) is 14.0. The Bertz CT molecular complexity index is 591. The molecule has 1 fully saturated rings. The summed E-state index contributed by atoms with van der Waals surface area (Å²) in [6.45, 7) is 4.10. The topological polar surface area (TPSA) is 42.1 Å². The SMILES string of the molecule is NCC1CCN(Cc2ccc(Br)c3cccnc23)CC1. The van der Waals surface area contributed by atoms with Gasteiger partial charge in [-0.2, -0.15) is 0 Å². The fourth-order valence-corrected chi connectivity index (χ4v) is 3.40. The molecule has 0 amide bonds. The Labute approximate surface area is 128 Å². The third kappa shape index (κ3) is 2.87. The van der Waals surface area contributed by atoms with Crippen molar-refractivity contribution in [3.05, 3.63) is 40.5 Å². The number of rotatable bonds is 3. The lowest BCUT2D eigenvalue weighted by atomic mass is 9.96. The van der Waals surface area contributed by atoms with E-state index in [0.717, 1.165) is 36.2 Å². The van der Waals surface area contributed by atoms with Crippen molar-refractivity contribution >= 4 is 26.8 Å². The summed E-state index contributed by atoms with van der Waals surface area (Å²) < 4.78 is 1.12. The molecule has 106 valence electrons. The van der Waals surface area contributed by atoms with Gasteiger partial charge in [0.25, 0.3) is 0 Å². The summed E-state index contributed by atoms with van der Waals surface area (Å²) in [7, 11) is 0. The van der Waals surface area contributed by atoms with Gasteiger partial charge in [-0.1, -0.05) is 28.1 Å². The van der Waals surface area contributed by atoms with Crippen molar-refractivity contribution in [1.29, 1.82) is 0 Å². The Morgan fingerprint density at radius 3 is 2.80 bits per heavy atom. The van der Waals surface area contributed by atoms with Crippen LogP contribution in [-0.2, 0) is 6.54 Å². The number of likely N-dealkylation sites (tertiary alicyclic amines) is 1. The van der Waals surface area contributed by atoms with Crippen LogP contribution in [0, 0.1) is 5.92 Å². The van der Waals surface area contributed by atoms with E-state index in [1.165, 1.54) is 23.8 Å². The number of aromatic nitrogens is 1. The molecule has 1 aromatic heterocycles. The quantitative estimate of drug-likeness (QED) is 0.937. The van der Waals surface area contributed by atoms with Crippen molar-refractivity contribution in [1.82, 2.24) is 9.88 Å². The minimum absolute atomic E-state index is 0.714. The maximum atomic E-state index is 5.76. The number of halogens is 1. The van der Waals surface area contributed by atoms with E-state index in [-0.39, 0.29) is 0 Å². The average Bonchev–Trinajstić information content (AvgIpc) is 2.51. The minimum atomic E-state index is 0.714. The summed E-state index contributed by atoms with van der Waals surface area (Å²) >= 11 is 3.61. The molecule has 2 heterocycles. The smallest absolute Gasteiger partial charge is 0.0758 e. The van der Waals surface area contributed by atoms with Gasteiger partial charge in [0.1, 0.15) is 0 Å². The number of piperidine rings is 1. The van der Waals surface area contributed by atoms with Crippen LogP contribution in [0.2, 0.25) is 0 Å². The molecular formula is C16H20BrN3. The van der Waals surface area contributed by atoms with Gasteiger partial charge in [0.05, 0.1) is 5.52 Å². The molecule has 2 aromatic rings. The highest BCUT2D eigenvalue weighted by Crippen LogP contribution is 2.27. The van der Waals surface area contributed by atoms with Crippen molar-refractivity contribution in [2.45, 2.75) is 19.4 Å². The Balaban J connectivity index is 1.80. The molecule has 1 aromatic carbocycles. The molecule has 2 N–H and O–H groups in total. The number of nitrogens with zero attached hydrogens (tertiary/aromatic N) is 2. The van der Waals surface area contributed by atoms with Gasteiger partial charge in [-0.15, -0.1) is 0 Å². The maximum absolute atomic E-state index is 5.76. The van der Waals surface area contributed by atoms with Crippen LogP contribution < -0.4 is 5.73 Å². The van der Waals surface area contributed by atoms with Crippen molar-refractivity contribution < 1.29 is 0 Å².